The molecular weight excluding hydrogens is 605 g/mol. The lowest BCUT2D eigenvalue weighted by molar-refractivity contribution is 1.18. The van der Waals surface area contributed by atoms with Gasteiger partial charge in [-0.25, -0.2) is 0 Å². The van der Waals surface area contributed by atoms with E-state index >= 15 is 0 Å². The fraction of sp³-hybridized carbons (Fsp3) is 0. The molecule has 0 atom stereocenters. The highest BCUT2D eigenvalue weighted by molar-refractivity contribution is 6.13. The van der Waals surface area contributed by atoms with Crippen molar-refractivity contribution in [1.82, 2.24) is 9.13 Å². The topological polar surface area (TPSA) is 9.86 Å². The molecule has 2 nitrogen and oxygen atoms in total. The maximum atomic E-state index is 9.80. The second-order valence-electron chi connectivity index (χ2n) is 12.4. The van der Waals surface area contributed by atoms with Gasteiger partial charge in [-0.2, -0.15) is 0 Å². The normalized spacial score (nSPS) is 13.6. The van der Waals surface area contributed by atoms with Crippen LogP contribution in [0.25, 0.3) is 88.4 Å². The van der Waals surface area contributed by atoms with E-state index in [9.17, 15) is 4.11 Å². The standard InChI is InChI=1S/C48H32N2/c1-4-13-33(14-5-1)35-17-12-20-40(29-35)50-45-22-11-10-21-41(45)43-30-36(25-28-47(43)50)37-24-27-46-44(31-37)42-26-23-38(34-15-6-2-7-16-34)32-48(42)49(46)39-18-8-3-9-19-39/h1-32H/i10D,11D,21D,22D,25D,28D,30D. The predicted molar refractivity (Wildman–Crippen MR) is 211 cm³/mol. The lowest BCUT2D eigenvalue weighted by Crippen LogP contribution is -1.94. The Morgan fingerprint density at radius 1 is 0.320 bits per heavy atom. The van der Waals surface area contributed by atoms with Crippen LogP contribution < -0.4 is 0 Å². The summed E-state index contributed by atoms with van der Waals surface area (Å²) in [5.74, 6) is 0. The van der Waals surface area contributed by atoms with Gasteiger partial charge < -0.3 is 9.13 Å². The first-order valence-corrected chi connectivity index (χ1v) is 16.6. The molecule has 0 aliphatic rings. The fourth-order valence-corrected chi connectivity index (χ4v) is 7.21. The molecular formula is C48H32N2. The largest absolute Gasteiger partial charge is 0.309 e. The number of nitrogens with zero attached hydrogens (tertiary/aromatic N) is 2. The molecule has 8 aromatic carbocycles. The number of para-hydroxylation sites is 2. The van der Waals surface area contributed by atoms with Gasteiger partial charge in [0.25, 0.3) is 0 Å². The molecule has 0 spiro atoms. The smallest absolute Gasteiger partial charge is 0.0645 e. The Bertz CT molecular complexity index is 3240. The van der Waals surface area contributed by atoms with Crippen LogP contribution in [0.2, 0.25) is 0 Å². The first kappa shape index (κ1) is 22.1. The van der Waals surface area contributed by atoms with Gasteiger partial charge in [0.15, 0.2) is 0 Å². The van der Waals surface area contributed by atoms with Gasteiger partial charge in [-0.05, 0) is 94.0 Å². The van der Waals surface area contributed by atoms with Gasteiger partial charge in [0.05, 0.1) is 31.7 Å². The molecule has 0 saturated carbocycles. The first-order valence-electron chi connectivity index (χ1n) is 20.1. The lowest BCUT2D eigenvalue weighted by atomic mass is 9.99. The van der Waals surface area contributed by atoms with Gasteiger partial charge in [0.2, 0.25) is 0 Å². The molecule has 50 heavy (non-hydrogen) atoms. The van der Waals surface area contributed by atoms with Crippen molar-refractivity contribution in [3.63, 3.8) is 0 Å². The highest BCUT2D eigenvalue weighted by Crippen LogP contribution is 2.39. The van der Waals surface area contributed by atoms with E-state index in [2.05, 4.69) is 47.0 Å². The van der Waals surface area contributed by atoms with Gasteiger partial charge in [0, 0.05) is 32.9 Å². The molecule has 0 bridgehead atoms. The number of aromatic nitrogens is 2. The average Bonchev–Trinajstić information content (AvgIpc) is 3.79. The van der Waals surface area contributed by atoms with Crippen molar-refractivity contribution in [2.24, 2.45) is 0 Å². The van der Waals surface area contributed by atoms with Gasteiger partial charge in [0.1, 0.15) is 0 Å². The summed E-state index contributed by atoms with van der Waals surface area (Å²) >= 11 is 0. The highest BCUT2D eigenvalue weighted by atomic mass is 15.0. The van der Waals surface area contributed by atoms with E-state index < -0.39 is 12.1 Å². The second-order valence-corrected chi connectivity index (χ2v) is 12.4. The molecule has 10 aromatic rings. The van der Waals surface area contributed by atoms with Crippen LogP contribution in [0.1, 0.15) is 9.60 Å². The second kappa shape index (κ2) is 11.5. The van der Waals surface area contributed by atoms with Crippen LogP contribution in [0.15, 0.2) is 194 Å². The molecule has 2 heterocycles. The minimum atomic E-state index is -0.419. The van der Waals surface area contributed by atoms with E-state index in [1.807, 2.05) is 109 Å². The van der Waals surface area contributed by atoms with E-state index in [1.54, 1.807) is 4.57 Å². The molecule has 234 valence electrons. The molecule has 0 radical (unpaired) electrons. The Kier molecular flexibility index (Phi) is 5.08. The lowest BCUT2D eigenvalue weighted by Gasteiger charge is -2.11. The van der Waals surface area contributed by atoms with Crippen molar-refractivity contribution >= 4 is 43.6 Å². The van der Waals surface area contributed by atoms with Crippen LogP contribution in [0.3, 0.4) is 0 Å². The summed E-state index contributed by atoms with van der Waals surface area (Å²) in [6.45, 7) is 0. The van der Waals surface area contributed by atoms with Crippen LogP contribution in [-0.2, 0) is 0 Å². The molecule has 0 unspecified atom stereocenters. The molecule has 0 saturated heterocycles. The summed E-state index contributed by atoms with van der Waals surface area (Å²) in [5, 5.41) is 2.26. The Balaban J connectivity index is 1.27. The van der Waals surface area contributed by atoms with Gasteiger partial charge in [-0.15, -0.1) is 0 Å². The minimum Gasteiger partial charge on any atom is -0.309 e. The van der Waals surface area contributed by atoms with Crippen LogP contribution in [0.4, 0.5) is 0 Å². The molecule has 0 aliphatic heterocycles. The molecule has 0 fully saturated rings. The molecule has 2 heteroatoms. The number of fused-ring (bicyclic) bond motifs is 6. The quantitative estimate of drug-likeness (QED) is 0.177. The number of rotatable bonds is 5. The molecule has 0 amide bonds. The fourth-order valence-electron chi connectivity index (χ4n) is 7.21. The zero-order valence-electron chi connectivity index (χ0n) is 33.8. The molecule has 2 aromatic heterocycles. The molecule has 0 N–H and O–H groups in total. The Labute approximate surface area is 300 Å². The first-order chi connectivity index (χ1) is 27.7. The number of hydrogen-bond acceptors (Lipinski definition) is 0. The average molecular weight is 644 g/mol. The van der Waals surface area contributed by atoms with Gasteiger partial charge >= 0.3 is 0 Å². The maximum absolute atomic E-state index is 9.80. The summed E-state index contributed by atoms with van der Waals surface area (Å²) in [7, 11) is 0. The van der Waals surface area contributed by atoms with E-state index in [-0.39, 0.29) is 57.6 Å². The SMILES string of the molecule is [2H]c1c([2H])c([2H])c2c(c1[2H])c1c([2H])c(-c3ccc4c(c3)c3ccc(-c5ccccc5)cc3n4-c3ccccc3)c([2H])c([2H])c1n2-c1cccc(-c2ccccc2)c1. The van der Waals surface area contributed by atoms with E-state index in [0.717, 1.165) is 49.7 Å². The molecule has 0 aliphatic carbocycles. The third-order valence-electron chi connectivity index (χ3n) is 9.55. The summed E-state index contributed by atoms with van der Waals surface area (Å²) in [6.07, 6.45) is 0. The van der Waals surface area contributed by atoms with Crippen molar-refractivity contribution in [2.45, 2.75) is 0 Å². The number of hydrogen-bond donors (Lipinski definition) is 0. The van der Waals surface area contributed by atoms with Crippen molar-refractivity contribution in [3.8, 4) is 44.8 Å². The van der Waals surface area contributed by atoms with Crippen molar-refractivity contribution in [1.29, 1.82) is 0 Å². The van der Waals surface area contributed by atoms with Crippen LogP contribution in [0, 0.1) is 0 Å². The monoisotopic (exact) mass is 643 g/mol. The van der Waals surface area contributed by atoms with Gasteiger partial charge in [-0.3, -0.25) is 0 Å². The Morgan fingerprint density at radius 3 is 1.70 bits per heavy atom. The summed E-state index contributed by atoms with van der Waals surface area (Å²) in [4.78, 5) is 0. The Morgan fingerprint density at radius 2 is 0.920 bits per heavy atom. The van der Waals surface area contributed by atoms with Crippen molar-refractivity contribution in [2.75, 3.05) is 0 Å². The van der Waals surface area contributed by atoms with E-state index in [0.29, 0.717) is 11.3 Å². The summed E-state index contributed by atoms with van der Waals surface area (Å²) in [6, 6.07) is 48.2. The van der Waals surface area contributed by atoms with Crippen LogP contribution in [-0.4, -0.2) is 9.13 Å². The van der Waals surface area contributed by atoms with Crippen molar-refractivity contribution in [3.05, 3.63) is 194 Å². The maximum Gasteiger partial charge on any atom is 0.0645 e. The van der Waals surface area contributed by atoms with Crippen LogP contribution in [0.5, 0.6) is 0 Å². The third-order valence-corrected chi connectivity index (χ3v) is 9.55. The zero-order chi connectivity index (χ0) is 39.1. The number of benzene rings is 8. The molecule has 10 rings (SSSR count). The minimum absolute atomic E-state index is 0.0727. The Hall–Kier alpha value is -6.64. The summed E-state index contributed by atoms with van der Waals surface area (Å²) in [5.41, 5.74) is 8.65. The van der Waals surface area contributed by atoms with Gasteiger partial charge in [-0.1, -0.05) is 133 Å². The zero-order valence-corrected chi connectivity index (χ0v) is 26.8. The highest BCUT2D eigenvalue weighted by Gasteiger charge is 2.17. The third kappa shape index (κ3) is 4.57. The predicted octanol–water partition coefficient (Wildman–Crippen LogP) is 12.9. The van der Waals surface area contributed by atoms with Crippen molar-refractivity contribution < 1.29 is 9.60 Å². The van der Waals surface area contributed by atoms with Crippen LogP contribution >= 0.6 is 0 Å². The van der Waals surface area contributed by atoms with E-state index in [4.69, 9.17) is 5.48 Å². The van der Waals surface area contributed by atoms with E-state index in [1.165, 1.54) is 0 Å². The summed E-state index contributed by atoms with van der Waals surface area (Å²) < 4.78 is 68.2.